The highest BCUT2D eigenvalue weighted by atomic mass is 19.4. The van der Waals surface area contributed by atoms with Crippen molar-refractivity contribution in [3.63, 3.8) is 0 Å². The Labute approximate surface area is 201 Å². The zero-order valence-electron chi connectivity index (χ0n) is 19.6. The number of hydrogen-bond donors (Lipinski definition) is 2. The number of rotatable bonds is 8. The molecule has 4 heterocycles. The van der Waals surface area contributed by atoms with Crippen molar-refractivity contribution in [1.82, 2.24) is 24.8 Å². The van der Waals surface area contributed by atoms with Gasteiger partial charge >= 0.3 is 6.18 Å². The van der Waals surface area contributed by atoms with Crippen LogP contribution in [0.4, 0.5) is 30.8 Å². The van der Waals surface area contributed by atoms with Crippen LogP contribution in [0.1, 0.15) is 43.1 Å². The number of alkyl halides is 3. The molecule has 0 spiro atoms. The largest absolute Gasteiger partial charge is 0.425 e. The summed E-state index contributed by atoms with van der Waals surface area (Å²) in [7, 11) is 2.07. The molecule has 10 nitrogen and oxygen atoms in total. The predicted molar refractivity (Wildman–Crippen MR) is 121 cm³/mol. The maximum Gasteiger partial charge on any atom is 0.421 e. The van der Waals surface area contributed by atoms with E-state index in [0.29, 0.717) is 45.0 Å². The van der Waals surface area contributed by atoms with E-state index < -0.39 is 11.7 Å². The number of ether oxygens (including phenoxy) is 1. The molecule has 0 unspecified atom stereocenters. The third-order valence-electron chi connectivity index (χ3n) is 6.14. The van der Waals surface area contributed by atoms with Gasteiger partial charge in [0, 0.05) is 31.7 Å². The molecule has 13 heteroatoms. The second-order valence-corrected chi connectivity index (χ2v) is 8.74. The highest BCUT2D eigenvalue weighted by Gasteiger charge is 2.35. The Kier molecular flexibility index (Phi) is 8.06. The average Bonchev–Trinajstić information content (AvgIpc) is 3.18. The molecule has 2 aromatic heterocycles. The van der Waals surface area contributed by atoms with E-state index >= 15 is 0 Å². The summed E-state index contributed by atoms with van der Waals surface area (Å²) in [6, 6.07) is 0. The van der Waals surface area contributed by atoms with E-state index in [-0.39, 0.29) is 36.0 Å². The van der Waals surface area contributed by atoms with Crippen LogP contribution in [-0.4, -0.2) is 83.6 Å². The molecule has 1 amide bonds. The van der Waals surface area contributed by atoms with Crippen LogP contribution in [0.2, 0.25) is 0 Å². The number of likely N-dealkylation sites (tertiary alicyclic amines) is 1. The molecule has 0 radical (unpaired) electrons. The average molecular weight is 498 g/mol. The van der Waals surface area contributed by atoms with E-state index in [1.54, 1.807) is 4.90 Å². The Morgan fingerprint density at radius 2 is 1.94 bits per heavy atom. The summed E-state index contributed by atoms with van der Waals surface area (Å²) in [5, 5.41) is 5.56. The molecule has 0 saturated carbocycles. The molecular weight excluding hydrogens is 467 g/mol. The van der Waals surface area contributed by atoms with Gasteiger partial charge in [-0.05, 0) is 39.4 Å². The standard InChI is InChI=1S/C22H30F3N7O3/c1-31-8-3-15(4-9-31)20-27-14-17(35-20)29-21-28-13-16(22(23,24)25)19(30-21)26-6-2-7-32-10-12-34-11-5-18(32)33/h13-15H,2-12H2,1H3,(H2,26,28,29,30). The molecule has 0 aliphatic carbocycles. The quantitative estimate of drug-likeness (QED) is 0.532. The van der Waals surface area contributed by atoms with Gasteiger partial charge in [0.1, 0.15) is 11.4 Å². The van der Waals surface area contributed by atoms with Gasteiger partial charge in [-0.2, -0.15) is 18.2 Å². The Morgan fingerprint density at radius 3 is 2.71 bits per heavy atom. The fourth-order valence-corrected chi connectivity index (χ4v) is 4.12. The molecule has 2 N–H and O–H groups in total. The summed E-state index contributed by atoms with van der Waals surface area (Å²) in [5.74, 6) is 0.682. The van der Waals surface area contributed by atoms with Crippen LogP contribution in [0.3, 0.4) is 0 Å². The van der Waals surface area contributed by atoms with Gasteiger partial charge in [-0.3, -0.25) is 10.1 Å². The Hall–Kier alpha value is -2.93. The molecule has 0 aromatic carbocycles. The molecule has 0 bridgehead atoms. The number of piperidine rings is 1. The van der Waals surface area contributed by atoms with Gasteiger partial charge in [0.25, 0.3) is 0 Å². The van der Waals surface area contributed by atoms with Crippen LogP contribution in [0.15, 0.2) is 16.8 Å². The molecule has 2 aromatic rings. The van der Waals surface area contributed by atoms with Gasteiger partial charge in [-0.15, -0.1) is 0 Å². The number of hydrogen-bond acceptors (Lipinski definition) is 9. The summed E-state index contributed by atoms with van der Waals surface area (Å²) in [6.07, 6.45) is 0.234. The molecule has 2 fully saturated rings. The van der Waals surface area contributed by atoms with E-state index in [1.807, 2.05) is 0 Å². The fraction of sp³-hybridized carbons (Fsp3) is 0.636. The minimum Gasteiger partial charge on any atom is -0.425 e. The maximum absolute atomic E-state index is 13.5. The molecule has 2 saturated heterocycles. The minimum atomic E-state index is -4.62. The minimum absolute atomic E-state index is 0.0151. The van der Waals surface area contributed by atoms with Crippen molar-refractivity contribution >= 4 is 23.6 Å². The van der Waals surface area contributed by atoms with Gasteiger partial charge in [-0.1, -0.05) is 0 Å². The fourth-order valence-electron chi connectivity index (χ4n) is 4.12. The van der Waals surface area contributed by atoms with Gasteiger partial charge in [0.2, 0.25) is 17.7 Å². The summed E-state index contributed by atoms with van der Waals surface area (Å²) in [4.78, 5) is 28.1. The predicted octanol–water partition coefficient (Wildman–Crippen LogP) is 3.09. The number of anilines is 3. The number of amides is 1. The maximum atomic E-state index is 13.5. The van der Waals surface area contributed by atoms with Gasteiger partial charge in [0.15, 0.2) is 5.89 Å². The first-order valence-corrected chi connectivity index (χ1v) is 11.7. The molecular formula is C22H30F3N7O3. The number of carbonyl (C=O) groups is 1. The number of aromatic nitrogens is 3. The molecule has 4 rings (SSSR count). The van der Waals surface area contributed by atoms with E-state index in [1.165, 1.54) is 6.20 Å². The highest BCUT2D eigenvalue weighted by molar-refractivity contribution is 5.76. The highest BCUT2D eigenvalue weighted by Crippen LogP contribution is 2.34. The summed E-state index contributed by atoms with van der Waals surface area (Å²) < 4.78 is 51.6. The summed E-state index contributed by atoms with van der Waals surface area (Å²) in [6.45, 7) is 3.85. The third kappa shape index (κ3) is 6.82. The van der Waals surface area contributed by atoms with Gasteiger partial charge < -0.3 is 24.3 Å². The molecule has 2 aliphatic heterocycles. The second kappa shape index (κ2) is 11.2. The molecule has 0 atom stereocenters. The number of halogens is 3. The lowest BCUT2D eigenvalue weighted by molar-refractivity contribution is -0.137. The molecule has 35 heavy (non-hydrogen) atoms. The summed E-state index contributed by atoms with van der Waals surface area (Å²) >= 11 is 0. The Bertz CT molecular complexity index is 993. The first-order valence-electron chi connectivity index (χ1n) is 11.7. The van der Waals surface area contributed by atoms with Crippen LogP contribution in [0, 0.1) is 0 Å². The van der Waals surface area contributed by atoms with Crippen LogP contribution < -0.4 is 10.6 Å². The van der Waals surface area contributed by atoms with E-state index in [9.17, 15) is 18.0 Å². The first kappa shape index (κ1) is 25.2. The number of oxazole rings is 1. The van der Waals surface area contributed by atoms with Crippen LogP contribution in [0.25, 0.3) is 0 Å². The molecule has 2 aliphatic rings. The Morgan fingerprint density at radius 1 is 1.14 bits per heavy atom. The van der Waals surface area contributed by atoms with Crippen molar-refractivity contribution in [3.05, 3.63) is 23.8 Å². The number of carbonyl (C=O) groups excluding carboxylic acids is 1. The van der Waals surface area contributed by atoms with E-state index in [0.717, 1.165) is 32.1 Å². The van der Waals surface area contributed by atoms with Crippen molar-refractivity contribution in [2.75, 3.05) is 63.6 Å². The van der Waals surface area contributed by atoms with Gasteiger partial charge in [-0.25, -0.2) is 9.97 Å². The normalized spacial score (nSPS) is 18.5. The number of nitrogens with zero attached hydrogens (tertiary/aromatic N) is 5. The monoisotopic (exact) mass is 497 g/mol. The number of nitrogens with one attached hydrogen (secondary N) is 2. The lowest BCUT2D eigenvalue weighted by atomic mass is 9.97. The molecule has 192 valence electrons. The zero-order valence-corrected chi connectivity index (χ0v) is 19.6. The lowest BCUT2D eigenvalue weighted by Crippen LogP contribution is -2.33. The van der Waals surface area contributed by atoms with Crippen molar-refractivity contribution < 1.29 is 27.1 Å². The van der Waals surface area contributed by atoms with Crippen LogP contribution in [0.5, 0.6) is 0 Å². The van der Waals surface area contributed by atoms with Crippen molar-refractivity contribution in [2.24, 2.45) is 0 Å². The van der Waals surface area contributed by atoms with Gasteiger partial charge in [0.05, 0.1) is 25.8 Å². The van der Waals surface area contributed by atoms with Crippen molar-refractivity contribution in [1.29, 1.82) is 0 Å². The lowest BCUT2D eigenvalue weighted by Gasteiger charge is -2.26. The van der Waals surface area contributed by atoms with E-state index in [4.69, 9.17) is 9.15 Å². The SMILES string of the molecule is CN1CCC(c2ncc(Nc3ncc(C(F)(F)F)c(NCCCN4CCOCCC4=O)n3)o2)CC1. The Balaban J connectivity index is 1.38. The topological polar surface area (TPSA) is 109 Å². The van der Waals surface area contributed by atoms with Crippen LogP contribution >= 0.6 is 0 Å². The second-order valence-electron chi connectivity index (χ2n) is 8.74. The smallest absolute Gasteiger partial charge is 0.421 e. The van der Waals surface area contributed by atoms with Crippen molar-refractivity contribution in [3.8, 4) is 0 Å². The van der Waals surface area contributed by atoms with E-state index in [2.05, 4.69) is 37.5 Å². The van der Waals surface area contributed by atoms with Crippen LogP contribution in [-0.2, 0) is 15.7 Å². The summed E-state index contributed by atoms with van der Waals surface area (Å²) in [5.41, 5.74) is -0.966. The third-order valence-corrected chi connectivity index (χ3v) is 6.14. The zero-order chi connectivity index (χ0) is 24.8. The van der Waals surface area contributed by atoms with Crippen molar-refractivity contribution in [2.45, 2.75) is 37.8 Å². The first-order chi connectivity index (χ1) is 16.8.